The van der Waals surface area contributed by atoms with Gasteiger partial charge in [-0.1, -0.05) is 54.6 Å². The Kier molecular flexibility index (Phi) is 20.9. The quantitative estimate of drug-likeness (QED) is 0.0284. The number of fused-ring (bicyclic) bond motifs is 1. The SMILES string of the molecule is CN(C(=O)Cc1cccs1)[C@@H](Cc1c[nH]c2ccccc12)C(=O)N[C@@](C)(Cc1ccccc1)C(=O)N[C@@H](CCCN=C(N)N)C(=O)N1CCC[C@H]1C(=O)N[C@@H](CCCN=C(N)N)C(N)=O.O=C(O)C(F)(F)F. The second kappa shape index (κ2) is 26.5. The fourth-order valence-corrected chi connectivity index (χ4v) is 8.65. The molecule has 0 radical (unpaired) electrons. The molecule has 1 saturated heterocycles. The molecule has 6 amide bonds. The van der Waals surface area contributed by atoms with Crippen molar-refractivity contribution in [3.05, 3.63) is 94.3 Å². The summed E-state index contributed by atoms with van der Waals surface area (Å²) in [5.74, 6) is -6.44. The summed E-state index contributed by atoms with van der Waals surface area (Å²) in [6, 6.07) is 16.2. The summed E-state index contributed by atoms with van der Waals surface area (Å²) in [6.07, 6.45) is -1.43. The summed E-state index contributed by atoms with van der Waals surface area (Å²) in [6.45, 7) is 2.14. The van der Waals surface area contributed by atoms with Crippen LogP contribution in [0.4, 0.5) is 13.2 Å². The number of benzene rings is 2. The molecule has 0 aliphatic carbocycles. The molecule has 1 aliphatic heterocycles. The van der Waals surface area contributed by atoms with Crippen molar-refractivity contribution in [3.8, 4) is 0 Å². The van der Waals surface area contributed by atoms with E-state index < -0.39 is 71.4 Å². The van der Waals surface area contributed by atoms with Crippen LogP contribution in [0.2, 0.25) is 0 Å². The van der Waals surface area contributed by atoms with E-state index in [0.29, 0.717) is 19.3 Å². The number of carbonyl (C=O) groups excluding carboxylic acids is 6. The molecule has 3 heterocycles. The molecule has 0 bridgehead atoms. The Morgan fingerprint density at radius 3 is 2.07 bits per heavy atom. The maximum Gasteiger partial charge on any atom is 0.490 e. The standard InChI is InChI=1S/C45H61N13O6S.C2HF3O2/c1-45(26-28-12-4-3-5-13-28,56-40(62)36(57(2)37(59)25-30-14-11-23-65-30)24-29-27-53-32-16-7-6-15-31(29)32)42(64)55-34(18-9-21-52-44(49)50)41(63)58-22-10-19-35(58)39(61)54-33(38(46)60)17-8-20-51-43(47)48;3-2(4,5)1(6)7/h3-7,11-16,23,27,33-36,53H,8-10,17-22,24-26H2,1-2H3,(H2,46,60)(H,54,61)(H,55,64)(H,56,62)(H4,47,48,51)(H4,49,50,52);(H,6,7)/t33-,34-,35-,36-,45-;/m0./s1. The zero-order chi connectivity index (χ0) is 53.2. The highest BCUT2D eigenvalue weighted by Gasteiger charge is 2.43. The van der Waals surface area contributed by atoms with Gasteiger partial charge in [0.05, 0.1) is 6.42 Å². The summed E-state index contributed by atoms with van der Waals surface area (Å²) >= 11 is 1.44. The number of halogens is 3. The third-order valence-electron chi connectivity index (χ3n) is 11.7. The predicted octanol–water partition coefficient (Wildman–Crippen LogP) is 1.15. The number of rotatable bonds is 23. The molecule has 5 rings (SSSR count). The Labute approximate surface area is 417 Å². The number of hydrogen-bond donors (Lipinski definition) is 10. The van der Waals surface area contributed by atoms with Crippen molar-refractivity contribution in [2.24, 2.45) is 38.7 Å². The number of carboxylic acid groups (broad SMARTS) is 1. The van der Waals surface area contributed by atoms with Crippen molar-refractivity contribution in [3.63, 3.8) is 0 Å². The fraction of sp³-hybridized carbons (Fsp3) is 0.426. The summed E-state index contributed by atoms with van der Waals surface area (Å²) < 4.78 is 31.7. The van der Waals surface area contributed by atoms with Gasteiger partial charge in [-0.2, -0.15) is 13.2 Å². The van der Waals surface area contributed by atoms with Crippen molar-refractivity contribution in [2.75, 3.05) is 26.7 Å². The largest absolute Gasteiger partial charge is 0.490 e. The molecule has 15 N–H and O–H groups in total. The molecule has 2 aromatic heterocycles. The minimum atomic E-state index is -5.08. The molecule has 5 atom stereocenters. The zero-order valence-electron chi connectivity index (χ0n) is 39.8. The Hall–Kier alpha value is -7.70. The third-order valence-corrected chi connectivity index (χ3v) is 12.6. The first kappa shape index (κ1) is 56.9. The van der Waals surface area contributed by atoms with Crippen LogP contribution in [0.25, 0.3) is 10.9 Å². The van der Waals surface area contributed by atoms with Crippen LogP contribution >= 0.6 is 11.3 Å². The number of likely N-dealkylation sites (tertiary alicyclic amines) is 1. The first-order valence-corrected chi connectivity index (χ1v) is 23.7. The number of hydrogen-bond acceptors (Lipinski definition) is 10. The maximum atomic E-state index is 14.9. The number of nitrogens with two attached hydrogens (primary N) is 5. The molecule has 1 fully saturated rings. The number of carboxylic acids is 1. The summed E-state index contributed by atoms with van der Waals surface area (Å²) in [5, 5.41) is 18.5. The molecular formula is C47H62F3N13O8S. The van der Waals surface area contributed by atoms with Crippen LogP contribution in [0.15, 0.2) is 88.3 Å². The number of aromatic amines is 1. The molecule has 2 aromatic carbocycles. The summed E-state index contributed by atoms with van der Waals surface area (Å²) in [4.78, 5) is 108. The topological polar surface area (TPSA) is 353 Å². The van der Waals surface area contributed by atoms with Gasteiger partial charge in [-0.05, 0) is 74.1 Å². The third kappa shape index (κ3) is 17.0. The zero-order valence-corrected chi connectivity index (χ0v) is 40.6. The fourth-order valence-electron chi connectivity index (χ4n) is 7.95. The van der Waals surface area contributed by atoms with Crippen molar-refractivity contribution < 1.29 is 51.8 Å². The van der Waals surface area contributed by atoms with Gasteiger partial charge in [0.1, 0.15) is 29.7 Å². The van der Waals surface area contributed by atoms with Crippen LogP contribution in [0.3, 0.4) is 0 Å². The smallest absolute Gasteiger partial charge is 0.475 e. The van der Waals surface area contributed by atoms with E-state index in [0.717, 1.165) is 26.9 Å². The molecule has 25 heteroatoms. The minimum Gasteiger partial charge on any atom is -0.475 e. The van der Waals surface area contributed by atoms with E-state index in [9.17, 15) is 41.9 Å². The first-order valence-electron chi connectivity index (χ1n) is 22.8. The number of aliphatic carboxylic acids is 1. The Morgan fingerprint density at radius 2 is 1.49 bits per heavy atom. The van der Waals surface area contributed by atoms with E-state index in [-0.39, 0.29) is 76.0 Å². The van der Waals surface area contributed by atoms with Crippen LogP contribution in [0.1, 0.15) is 61.5 Å². The number of aromatic nitrogens is 1. The average Bonchev–Trinajstić information content (AvgIpc) is 4.12. The van der Waals surface area contributed by atoms with E-state index in [4.69, 9.17) is 38.6 Å². The lowest BCUT2D eigenvalue weighted by Crippen LogP contribution is -2.64. The normalized spacial score (nSPS) is 15.3. The van der Waals surface area contributed by atoms with Gasteiger partial charge in [0, 0.05) is 61.5 Å². The van der Waals surface area contributed by atoms with E-state index >= 15 is 0 Å². The second-order valence-electron chi connectivity index (χ2n) is 17.2. The van der Waals surface area contributed by atoms with Gasteiger partial charge in [-0.3, -0.25) is 38.8 Å². The number of amides is 6. The van der Waals surface area contributed by atoms with E-state index in [1.807, 2.05) is 78.3 Å². The number of aliphatic imine (C=N–C) groups is 2. The number of para-hydroxylation sites is 1. The lowest BCUT2D eigenvalue weighted by Gasteiger charge is -2.36. The number of nitrogens with zero attached hydrogens (tertiary/aromatic N) is 4. The van der Waals surface area contributed by atoms with Gasteiger partial charge in [0.2, 0.25) is 35.4 Å². The van der Waals surface area contributed by atoms with Gasteiger partial charge in [-0.15, -0.1) is 11.3 Å². The summed E-state index contributed by atoms with van der Waals surface area (Å²) in [7, 11) is 1.58. The van der Waals surface area contributed by atoms with E-state index in [2.05, 4.69) is 30.9 Å². The Bertz CT molecular complexity index is 2550. The monoisotopic (exact) mass is 1030 g/mol. The number of H-pyrrole nitrogens is 1. The highest BCUT2D eigenvalue weighted by Crippen LogP contribution is 2.25. The Balaban J connectivity index is 0.00000149. The first-order chi connectivity index (χ1) is 34.0. The lowest BCUT2D eigenvalue weighted by atomic mass is 9.90. The van der Waals surface area contributed by atoms with Crippen LogP contribution < -0.4 is 44.6 Å². The average molecular weight is 1030 g/mol. The number of primary amides is 1. The van der Waals surface area contributed by atoms with Crippen LogP contribution in [0.5, 0.6) is 0 Å². The van der Waals surface area contributed by atoms with Gasteiger partial charge in [0.15, 0.2) is 11.9 Å². The van der Waals surface area contributed by atoms with Gasteiger partial charge in [0.25, 0.3) is 0 Å². The molecule has 390 valence electrons. The van der Waals surface area contributed by atoms with Gasteiger partial charge >= 0.3 is 12.1 Å². The van der Waals surface area contributed by atoms with Crippen LogP contribution in [0, 0.1) is 0 Å². The van der Waals surface area contributed by atoms with E-state index in [1.165, 1.54) is 21.1 Å². The number of nitrogens with one attached hydrogen (secondary N) is 4. The molecule has 21 nitrogen and oxygen atoms in total. The highest BCUT2D eigenvalue weighted by molar-refractivity contribution is 7.10. The van der Waals surface area contributed by atoms with Crippen LogP contribution in [-0.4, -0.2) is 136 Å². The van der Waals surface area contributed by atoms with Gasteiger partial charge in [-0.25, -0.2) is 4.79 Å². The van der Waals surface area contributed by atoms with E-state index in [1.54, 1.807) is 14.0 Å². The molecule has 0 spiro atoms. The Morgan fingerprint density at radius 1 is 0.875 bits per heavy atom. The second-order valence-corrected chi connectivity index (χ2v) is 18.2. The molecule has 4 aromatic rings. The minimum absolute atomic E-state index is 0.0133. The number of carbonyl (C=O) groups is 7. The van der Waals surface area contributed by atoms with Crippen molar-refractivity contribution in [1.82, 2.24) is 30.7 Å². The van der Waals surface area contributed by atoms with Crippen molar-refractivity contribution >= 4 is 75.6 Å². The number of alkyl halides is 3. The number of thiophene rings is 1. The molecule has 1 aliphatic rings. The predicted molar refractivity (Wildman–Crippen MR) is 265 cm³/mol. The molecular weight excluding hydrogens is 964 g/mol. The highest BCUT2D eigenvalue weighted by atomic mass is 32.1. The summed E-state index contributed by atoms with van der Waals surface area (Å²) in [5.41, 5.74) is 28.3. The van der Waals surface area contributed by atoms with Gasteiger partial charge < -0.3 is 64.5 Å². The van der Waals surface area contributed by atoms with Crippen molar-refractivity contribution in [2.45, 2.75) is 101 Å². The van der Waals surface area contributed by atoms with Crippen molar-refractivity contribution in [1.29, 1.82) is 0 Å². The lowest BCUT2D eigenvalue weighted by molar-refractivity contribution is -0.192. The molecule has 72 heavy (non-hydrogen) atoms. The number of likely N-dealkylation sites (N-methyl/N-ethyl adjacent to an activating group) is 1. The van der Waals surface area contributed by atoms with Crippen LogP contribution in [-0.2, 0) is 52.8 Å². The number of guanidine groups is 2. The molecule has 0 saturated carbocycles. The maximum absolute atomic E-state index is 14.9. The molecule has 0 unspecified atom stereocenters.